The molecule has 0 fully saturated rings. The molecule has 18 heavy (non-hydrogen) atoms. The van der Waals surface area contributed by atoms with Gasteiger partial charge in [0.1, 0.15) is 5.15 Å². The van der Waals surface area contributed by atoms with E-state index in [2.05, 4.69) is 39.3 Å². The second-order valence-corrected chi connectivity index (χ2v) is 5.42. The van der Waals surface area contributed by atoms with E-state index in [1.165, 1.54) is 5.56 Å². The molecule has 1 aromatic carbocycles. The van der Waals surface area contributed by atoms with Gasteiger partial charge in [-0.15, -0.1) is 0 Å². The van der Waals surface area contributed by atoms with Gasteiger partial charge in [-0.3, -0.25) is 4.68 Å². The number of nitrogens with zero attached hydrogens (tertiary/aromatic N) is 2. The Balaban J connectivity index is 2.19. The molecule has 0 aliphatic rings. The van der Waals surface area contributed by atoms with Crippen molar-refractivity contribution in [1.82, 2.24) is 9.78 Å². The van der Waals surface area contributed by atoms with Crippen molar-refractivity contribution in [2.24, 2.45) is 7.05 Å². The highest BCUT2D eigenvalue weighted by atomic mass is 79.9. The van der Waals surface area contributed by atoms with E-state index in [9.17, 15) is 0 Å². The van der Waals surface area contributed by atoms with Crippen molar-refractivity contribution >= 4 is 33.2 Å². The summed E-state index contributed by atoms with van der Waals surface area (Å²) in [5.74, 6) is 0. The number of hydrogen-bond acceptors (Lipinski definition) is 2. The molecule has 0 saturated heterocycles. The van der Waals surface area contributed by atoms with Gasteiger partial charge in [0.25, 0.3) is 0 Å². The summed E-state index contributed by atoms with van der Waals surface area (Å²) < 4.78 is 2.78. The summed E-state index contributed by atoms with van der Waals surface area (Å²) >= 11 is 9.78. The van der Waals surface area contributed by atoms with Crippen LogP contribution in [-0.4, -0.2) is 9.78 Å². The van der Waals surface area contributed by atoms with Crippen LogP contribution in [-0.2, 0) is 13.6 Å². The van der Waals surface area contributed by atoms with Crippen LogP contribution < -0.4 is 5.32 Å². The molecular formula is C13H15BrClN3. The third-order valence-corrected chi connectivity index (χ3v) is 4.44. The van der Waals surface area contributed by atoms with Crippen LogP contribution >= 0.6 is 27.5 Å². The van der Waals surface area contributed by atoms with Gasteiger partial charge in [-0.1, -0.05) is 23.7 Å². The maximum Gasteiger partial charge on any atom is 0.131 e. The van der Waals surface area contributed by atoms with E-state index in [1.54, 1.807) is 4.68 Å². The summed E-state index contributed by atoms with van der Waals surface area (Å²) in [4.78, 5) is 0. The van der Waals surface area contributed by atoms with Gasteiger partial charge in [0.2, 0.25) is 0 Å². The molecule has 0 bridgehead atoms. The first kappa shape index (κ1) is 13.4. The van der Waals surface area contributed by atoms with E-state index < -0.39 is 0 Å². The van der Waals surface area contributed by atoms with Gasteiger partial charge in [0, 0.05) is 29.3 Å². The molecule has 0 spiro atoms. The van der Waals surface area contributed by atoms with Crippen LogP contribution in [0, 0.1) is 13.8 Å². The largest absolute Gasteiger partial charge is 0.380 e. The van der Waals surface area contributed by atoms with Gasteiger partial charge < -0.3 is 5.32 Å². The first-order valence-electron chi connectivity index (χ1n) is 5.67. The highest BCUT2D eigenvalue weighted by Gasteiger charge is 2.11. The number of aryl methyl sites for hydroxylation is 3. The molecule has 0 radical (unpaired) electrons. The van der Waals surface area contributed by atoms with E-state index in [0.29, 0.717) is 11.7 Å². The van der Waals surface area contributed by atoms with E-state index in [-0.39, 0.29) is 0 Å². The number of hydrogen-bond donors (Lipinski definition) is 1. The highest BCUT2D eigenvalue weighted by Crippen LogP contribution is 2.27. The van der Waals surface area contributed by atoms with Crippen molar-refractivity contribution in [3.63, 3.8) is 0 Å². The standard InChI is InChI=1S/C13H15BrClN3/c1-8-5-4-6-11(12(8)14)16-7-10-9(2)17-18(3)13(10)15/h4-6,16H,7H2,1-3H3. The summed E-state index contributed by atoms with van der Waals surface area (Å²) in [7, 11) is 1.85. The summed E-state index contributed by atoms with van der Waals surface area (Å²) in [6, 6.07) is 6.13. The lowest BCUT2D eigenvalue weighted by Crippen LogP contribution is -2.02. The second-order valence-electron chi connectivity index (χ2n) is 4.27. The molecule has 0 aliphatic carbocycles. The third-order valence-electron chi connectivity index (χ3n) is 2.92. The predicted octanol–water partition coefficient (Wildman–Crippen LogP) is 4.06. The Morgan fingerprint density at radius 3 is 2.72 bits per heavy atom. The normalized spacial score (nSPS) is 10.7. The maximum absolute atomic E-state index is 6.20. The summed E-state index contributed by atoms with van der Waals surface area (Å²) in [6.45, 7) is 4.70. The first-order chi connectivity index (χ1) is 8.50. The van der Waals surface area contributed by atoms with Crippen LogP contribution in [0.5, 0.6) is 0 Å². The van der Waals surface area contributed by atoms with Gasteiger partial charge in [-0.05, 0) is 41.4 Å². The van der Waals surface area contributed by atoms with E-state index in [1.807, 2.05) is 26.1 Å². The number of benzene rings is 1. The molecule has 5 heteroatoms. The average Bonchev–Trinajstić information content (AvgIpc) is 2.56. The number of anilines is 1. The molecule has 0 aliphatic heterocycles. The minimum atomic E-state index is 0.667. The van der Waals surface area contributed by atoms with Gasteiger partial charge in [0.15, 0.2) is 0 Å². The molecule has 96 valence electrons. The Kier molecular flexibility index (Phi) is 3.97. The van der Waals surface area contributed by atoms with Crippen molar-refractivity contribution in [2.45, 2.75) is 20.4 Å². The topological polar surface area (TPSA) is 29.9 Å². The first-order valence-corrected chi connectivity index (χ1v) is 6.84. The van der Waals surface area contributed by atoms with Crippen LogP contribution in [0.25, 0.3) is 0 Å². The van der Waals surface area contributed by atoms with Gasteiger partial charge in [-0.25, -0.2) is 0 Å². The van der Waals surface area contributed by atoms with Crippen molar-refractivity contribution in [2.75, 3.05) is 5.32 Å². The SMILES string of the molecule is Cc1cccc(NCc2c(C)nn(C)c2Cl)c1Br. The fraction of sp³-hybridized carbons (Fsp3) is 0.308. The molecule has 1 heterocycles. The number of nitrogens with one attached hydrogen (secondary N) is 1. The minimum absolute atomic E-state index is 0.667. The lowest BCUT2D eigenvalue weighted by Gasteiger charge is -2.10. The lowest BCUT2D eigenvalue weighted by atomic mass is 10.2. The Bertz CT molecular complexity index is 578. The van der Waals surface area contributed by atoms with Gasteiger partial charge in [0.05, 0.1) is 5.69 Å². The highest BCUT2D eigenvalue weighted by molar-refractivity contribution is 9.10. The fourth-order valence-electron chi connectivity index (χ4n) is 1.84. The molecule has 0 unspecified atom stereocenters. The zero-order chi connectivity index (χ0) is 13.3. The molecule has 1 aromatic heterocycles. The van der Waals surface area contributed by atoms with Crippen LogP contribution in [0.3, 0.4) is 0 Å². The Morgan fingerprint density at radius 2 is 2.11 bits per heavy atom. The van der Waals surface area contributed by atoms with Gasteiger partial charge in [-0.2, -0.15) is 5.10 Å². The minimum Gasteiger partial charge on any atom is -0.380 e. The van der Waals surface area contributed by atoms with Crippen LogP contribution in [0.4, 0.5) is 5.69 Å². The molecule has 2 rings (SSSR count). The quantitative estimate of drug-likeness (QED) is 0.920. The Labute approximate surface area is 120 Å². The fourth-order valence-corrected chi connectivity index (χ4v) is 2.49. The lowest BCUT2D eigenvalue weighted by molar-refractivity contribution is 0.757. The van der Waals surface area contributed by atoms with Gasteiger partial charge >= 0.3 is 0 Å². The zero-order valence-electron chi connectivity index (χ0n) is 10.6. The molecule has 0 saturated carbocycles. The summed E-state index contributed by atoms with van der Waals surface area (Å²) in [5.41, 5.74) is 4.26. The van der Waals surface area contributed by atoms with E-state index in [4.69, 9.17) is 11.6 Å². The third kappa shape index (κ3) is 2.54. The van der Waals surface area contributed by atoms with Crippen molar-refractivity contribution in [1.29, 1.82) is 0 Å². The van der Waals surface area contributed by atoms with Crippen molar-refractivity contribution < 1.29 is 0 Å². The van der Waals surface area contributed by atoms with Crippen LogP contribution in [0.2, 0.25) is 5.15 Å². The second kappa shape index (κ2) is 5.33. The summed E-state index contributed by atoms with van der Waals surface area (Å²) in [5, 5.41) is 8.36. The molecule has 1 N–H and O–H groups in total. The zero-order valence-corrected chi connectivity index (χ0v) is 12.9. The number of rotatable bonds is 3. The Morgan fingerprint density at radius 1 is 1.39 bits per heavy atom. The molecule has 2 aromatic rings. The molecular weight excluding hydrogens is 314 g/mol. The molecule has 0 amide bonds. The smallest absolute Gasteiger partial charge is 0.131 e. The monoisotopic (exact) mass is 327 g/mol. The summed E-state index contributed by atoms with van der Waals surface area (Å²) in [6.07, 6.45) is 0. The van der Waals surface area contributed by atoms with Crippen LogP contribution in [0.15, 0.2) is 22.7 Å². The van der Waals surface area contributed by atoms with E-state index in [0.717, 1.165) is 21.4 Å². The van der Waals surface area contributed by atoms with E-state index >= 15 is 0 Å². The number of aromatic nitrogens is 2. The number of halogens is 2. The maximum atomic E-state index is 6.20. The van der Waals surface area contributed by atoms with Crippen molar-refractivity contribution in [3.8, 4) is 0 Å². The van der Waals surface area contributed by atoms with Crippen molar-refractivity contribution in [3.05, 3.63) is 44.6 Å². The predicted molar refractivity (Wildman–Crippen MR) is 79.2 cm³/mol. The Hall–Kier alpha value is -1.00. The van der Waals surface area contributed by atoms with Crippen LogP contribution in [0.1, 0.15) is 16.8 Å². The average molecular weight is 329 g/mol. The molecule has 0 atom stereocenters. The molecule has 3 nitrogen and oxygen atoms in total.